The predicted molar refractivity (Wildman–Crippen MR) is 63.1 cm³/mol. The Bertz CT molecular complexity index is 530. The van der Waals surface area contributed by atoms with Gasteiger partial charge in [-0.15, -0.1) is 0 Å². The van der Waals surface area contributed by atoms with Gasteiger partial charge in [-0.2, -0.15) is 0 Å². The summed E-state index contributed by atoms with van der Waals surface area (Å²) in [6.45, 7) is 6.04. The van der Waals surface area contributed by atoms with Crippen LogP contribution in [0.25, 0.3) is 5.57 Å². The van der Waals surface area contributed by atoms with Crippen molar-refractivity contribution in [3.63, 3.8) is 0 Å². The summed E-state index contributed by atoms with van der Waals surface area (Å²) in [5.74, 6) is -0.358. The number of aliphatic hydroxyl groups is 1. The maximum atomic E-state index is 12.0. The lowest BCUT2D eigenvalue weighted by Gasteiger charge is -2.33. The van der Waals surface area contributed by atoms with Gasteiger partial charge in [0.15, 0.2) is 0 Å². The average Bonchev–Trinajstić information content (AvgIpc) is 2.77. The molecule has 0 bridgehead atoms. The second-order valence-electron chi connectivity index (χ2n) is 4.89. The molecule has 2 atom stereocenters. The summed E-state index contributed by atoms with van der Waals surface area (Å²) >= 11 is 0. The van der Waals surface area contributed by atoms with Crippen molar-refractivity contribution in [2.45, 2.75) is 18.9 Å². The predicted octanol–water partition coefficient (Wildman–Crippen LogP) is 1.85. The van der Waals surface area contributed by atoms with Gasteiger partial charge in [0.05, 0.1) is 6.61 Å². The maximum absolute atomic E-state index is 12.0. The van der Waals surface area contributed by atoms with Crippen molar-refractivity contribution >= 4 is 11.5 Å². The molecule has 1 N–H and O–H groups in total. The van der Waals surface area contributed by atoms with E-state index in [1.807, 2.05) is 24.3 Å². The van der Waals surface area contributed by atoms with Crippen molar-refractivity contribution in [3.8, 4) is 0 Å². The smallest absolute Gasteiger partial charge is 0.320 e. The molecule has 1 aliphatic carbocycles. The van der Waals surface area contributed by atoms with Crippen molar-refractivity contribution in [1.82, 2.24) is 0 Å². The fraction of sp³-hybridized carbons (Fsp3) is 0.357. The van der Waals surface area contributed by atoms with E-state index >= 15 is 0 Å². The molecule has 1 aromatic rings. The van der Waals surface area contributed by atoms with Crippen LogP contribution >= 0.6 is 0 Å². The molecule has 1 aromatic carbocycles. The normalized spacial score (nSPS) is 35.2. The number of esters is 1. The summed E-state index contributed by atoms with van der Waals surface area (Å²) < 4.78 is 5.07. The Hall–Kier alpha value is -1.61. The topological polar surface area (TPSA) is 46.5 Å². The molecule has 1 aliphatic heterocycles. The highest BCUT2D eigenvalue weighted by Gasteiger charge is 2.64. The van der Waals surface area contributed by atoms with E-state index in [0.717, 1.165) is 11.1 Å². The van der Waals surface area contributed by atoms with E-state index in [4.69, 9.17) is 4.74 Å². The first-order chi connectivity index (χ1) is 8.02. The number of carbonyl (C=O) groups excluding carboxylic acids is 1. The standard InChI is InChI=1S/C14H14O3/c1-9-10-5-3-4-6-11(10)13(2,16)14(9)7-8-17-12(14)15/h3-6,16H,1,7-8H2,2H3/t13-,14-/m1/s1. The van der Waals surface area contributed by atoms with Gasteiger partial charge >= 0.3 is 5.97 Å². The van der Waals surface area contributed by atoms with Crippen LogP contribution in [0.5, 0.6) is 0 Å². The Morgan fingerprint density at radius 1 is 1.41 bits per heavy atom. The van der Waals surface area contributed by atoms with Gasteiger partial charge in [0.2, 0.25) is 0 Å². The highest BCUT2D eigenvalue weighted by atomic mass is 16.5. The lowest BCUT2D eigenvalue weighted by Crippen LogP contribution is -2.43. The second kappa shape index (κ2) is 2.99. The van der Waals surface area contributed by atoms with E-state index in [1.54, 1.807) is 6.92 Å². The average molecular weight is 230 g/mol. The molecule has 3 rings (SSSR count). The van der Waals surface area contributed by atoms with Gasteiger partial charge in [-0.3, -0.25) is 4.79 Å². The number of hydrogen-bond donors (Lipinski definition) is 1. The minimum Gasteiger partial charge on any atom is -0.465 e. The SMILES string of the molecule is C=C1c2ccccc2[C@@](C)(O)[C@]12CCOC2=O. The van der Waals surface area contributed by atoms with Crippen LogP contribution in [0.15, 0.2) is 30.8 Å². The first kappa shape index (κ1) is 10.5. The van der Waals surface area contributed by atoms with Gasteiger partial charge in [-0.25, -0.2) is 0 Å². The van der Waals surface area contributed by atoms with E-state index in [-0.39, 0.29) is 5.97 Å². The molecule has 1 heterocycles. The molecule has 3 heteroatoms. The molecule has 3 nitrogen and oxygen atoms in total. The number of hydrogen-bond acceptors (Lipinski definition) is 3. The molecule has 1 saturated heterocycles. The fourth-order valence-corrected chi connectivity index (χ4v) is 3.16. The molecule has 0 aromatic heterocycles. The first-order valence-electron chi connectivity index (χ1n) is 5.70. The minimum atomic E-state index is -1.23. The van der Waals surface area contributed by atoms with Gasteiger partial charge in [0.1, 0.15) is 11.0 Å². The third kappa shape index (κ3) is 0.984. The number of fused-ring (bicyclic) bond motifs is 1. The Morgan fingerprint density at radius 2 is 2.12 bits per heavy atom. The summed E-state index contributed by atoms with van der Waals surface area (Å²) in [5.41, 5.74) is 0.103. The van der Waals surface area contributed by atoms with E-state index < -0.39 is 11.0 Å². The van der Waals surface area contributed by atoms with Crippen LogP contribution in [0, 0.1) is 5.41 Å². The number of carbonyl (C=O) groups is 1. The van der Waals surface area contributed by atoms with Crippen LogP contribution in [0.1, 0.15) is 24.5 Å². The Balaban J connectivity index is 2.30. The quantitative estimate of drug-likeness (QED) is 0.692. The zero-order chi connectivity index (χ0) is 12.3. The molecule has 0 amide bonds. The van der Waals surface area contributed by atoms with Gasteiger partial charge in [-0.05, 0) is 23.6 Å². The molecule has 1 fully saturated rings. The third-order valence-electron chi connectivity index (χ3n) is 4.18. The third-order valence-corrected chi connectivity index (χ3v) is 4.18. The zero-order valence-corrected chi connectivity index (χ0v) is 9.69. The van der Waals surface area contributed by atoms with Crippen LogP contribution in [-0.2, 0) is 15.1 Å². The zero-order valence-electron chi connectivity index (χ0n) is 9.69. The summed E-state index contributed by atoms with van der Waals surface area (Å²) in [6, 6.07) is 7.49. The number of benzene rings is 1. The number of cyclic esters (lactones) is 1. The Morgan fingerprint density at radius 3 is 2.71 bits per heavy atom. The van der Waals surface area contributed by atoms with E-state index in [0.29, 0.717) is 18.6 Å². The van der Waals surface area contributed by atoms with E-state index in [9.17, 15) is 9.90 Å². The summed E-state index contributed by atoms with van der Waals surface area (Å²) in [4.78, 5) is 12.0. The minimum absolute atomic E-state index is 0.349. The van der Waals surface area contributed by atoms with Crippen molar-refractivity contribution in [2.24, 2.45) is 5.41 Å². The monoisotopic (exact) mass is 230 g/mol. The summed E-state index contributed by atoms with van der Waals surface area (Å²) in [6.07, 6.45) is 0.492. The van der Waals surface area contributed by atoms with Crippen LogP contribution in [0.3, 0.4) is 0 Å². The van der Waals surface area contributed by atoms with Gasteiger partial charge in [0, 0.05) is 6.42 Å². The van der Waals surface area contributed by atoms with Crippen LogP contribution in [-0.4, -0.2) is 17.7 Å². The van der Waals surface area contributed by atoms with Crippen LogP contribution in [0.4, 0.5) is 0 Å². The number of rotatable bonds is 0. The lowest BCUT2D eigenvalue weighted by atomic mass is 9.70. The van der Waals surface area contributed by atoms with Crippen molar-refractivity contribution < 1.29 is 14.6 Å². The van der Waals surface area contributed by atoms with Gasteiger partial charge in [0.25, 0.3) is 0 Å². The maximum Gasteiger partial charge on any atom is 0.320 e. The highest BCUT2D eigenvalue weighted by molar-refractivity contribution is 5.99. The fourth-order valence-electron chi connectivity index (χ4n) is 3.16. The first-order valence-corrected chi connectivity index (χ1v) is 5.70. The van der Waals surface area contributed by atoms with Crippen molar-refractivity contribution in [2.75, 3.05) is 6.61 Å². The van der Waals surface area contributed by atoms with Crippen molar-refractivity contribution in [3.05, 3.63) is 42.0 Å². The molecule has 2 aliphatic rings. The molecular weight excluding hydrogens is 216 g/mol. The molecule has 17 heavy (non-hydrogen) atoms. The molecule has 1 spiro atoms. The van der Waals surface area contributed by atoms with Crippen LogP contribution in [0.2, 0.25) is 0 Å². The van der Waals surface area contributed by atoms with Gasteiger partial charge in [-0.1, -0.05) is 30.8 Å². The lowest BCUT2D eigenvalue weighted by molar-refractivity contribution is -0.153. The van der Waals surface area contributed by atoms with Crippen LogP contribution < -0.4 is 0 Å². The molecular formula is C14H14O3. The van der Waals surface area contributed by atoms with E-state index in [2.05, 4.69) is 6.58 Å². The largest absolute Gasteiger partial charge is 0.465 e. The Kier molecular flexibility index (Phi) is 1.85. The molecule has 0 saturated carbocycles. The van der Waals surface area contributed by atoms with Gasteiger partial charge < -0.3 is 9.84 Å². The van der Waals surface area contributed by atoms with Crippen molar-refractivity contribution in [1.29, 1.82) is 0 Å². The summed E-state index contributed by atoms with van der Waals surface area (Å²) in [5, 5.41) is 10.8. The van der Waals surface area contributed by atoms with E-state index in [1.165, 1.54) is 0 Å². The molecule has 0 radical (unpaired) electrons. The molecule has 0 unspecified atom stereocenters. The highest BCUT2D eigenvalue weighted by Crippen LogP contribution is 2.60. The Labute approximate surface area is 99.7 Å². The second-order valence-corrected chi connectivity index (χ2v) is 4.89. The summed E-state index contributed by atoms with van der Waals surface area (Å²) in [7, 11) is 0. The molecule has 88 valence electrons. The number of ether oxygens (including phenoxy) is 1.